The molecular formula is C20H19N3O2S. The lowest BCUT2D eigenvalue weighted by Crippen LogP contribution is -2.29. The highest BCUT2D eigenvalue weighted by Crippen LogP contribution is 2.34. The highest BCUT2D eigenvalue weighted by atomic mass is 32.2. The summed E-state index contributed by atoms with van der Waals surface area (Å²) in [4.78, 5) is 12.5. The predicted octanol–water partition coefficient (Wildman–Crippen LogP) is 1.40. The zero-order valence-electron chi connectivity index (χ0n) is 14.1. The fraction of sp³-hybridized carbons (Fsp3) is 0.250. The van der Waals surface area contributed by atoms with Gasteiger partial charge in [0.15, 0.2) is 0 Å². The molecule has 3 aliphatic heterocycles. The molecule has 2 atom stereocenters. The lowest BCUT2D eigenvalue weighted by Gasteiger charge is -2.27. The highest BCUT2D eigenvalue weighted by molar-refractivity contribution is 8.01. The van der Waals surface area contributed by atoms with Gasteiger partial charge in [-0.2, -0.15) is 0 Å². The third kappa shape index (κ3) is 2.66. The number of nitrogens with one attached hydrogen (secondary N) is 3. The predicted molar refractivity (Wildman–Crippen MR) is 106 cm³/mol. The first-order valence-electron chi connectivity index (χ1n) is 8.83. The van der Waals surface area contributed by atoms with E-state index in [1.807, 2.05) is 24.4 Å². The molecule has 1 fully saturated rings. The van der Waals surface area contributed by atoms with Crippen molar-refractivity contribution in [2.75, 3.05) is 23.1 Å². The van der Waals surface area contributed by atoms with Crippen molar-refractivity contribution in [2.45, 2.75) is 17.8 Å². The van der Waals surface area contributed by atoms with Gasteiger partial charge in [0, 0.05) is 23.2 Å². The van der Waals surface area contributed by atoms with Gasteiger partial charge in [-0.1, -0.05) is 30.4 Å². The number of esters is 1. The van der Waals surface area contributed by atoms with Gasteiger partial charge in [0.25, 0.3) is 0 Å². The summed E-state index contributed by atoms with van der Waals surface area (Å²) in [5.74, 6) is -0.238. The van der Waals surface area contributed by atoms with Crippen molar-refractivity contribution in [3.05, 3.63) is 58.6 Å². The van der Waals surface area contributed by atoms with Crippen LogP contribution in [0.15, 0.2) is 48.2 Å². The van der Waals surface area contributed by atoms with Crippen molar-refractivity contribution in [1.82, 2.24) is 5.32 Å². The van der Waals surface area contributed by atoms with Crippen molar-refractivity contribution in [2.24, 2.45) is 0 Å². The second kappa shape index (κ2) is 6.37. The molecule has 0 aromatic heterocycles. The minimum atomic E-state index is -0.238. The summed E-state index contributed by atoms with van der Waals surface area (Å²) in [6, 6.07) is 4.24. The van der Waals surface area contributed by atoms with Gasteiger partial charge in [-0.3, -0.25) is 0 Å². The Labute approximate surface area is 155 Å². The molecule has 5 nitrogen and oxygen atoms in total. The Hall–Kier alpha value is -2.44. The van der Waals surface area contributed by atoms with Crippen molar-refractivity contribution in [3.8, 4) is 0 Å². The van der Waals surface area contributed by atoms with E-state index >= 15 is 0 Å². The average Bonchev–Trinajstić information content (AvgIpc) is 3.20. The van der Waals surface area contributed by atoms with E-state index in [0.717, 1.165) is 46.9 Å². The third-order valence-electron chi connectivity index (χ3n) is 5.03. The molecule has 2 unspecified atom stereocenters. The van der Waals surface area contributed by atoms with Crippen LogP contribution in [0.5, 0.6) is 0 Å². The Morgan fingerprint density at radius 3 is 3.12 bits per heavy atom. The van der Waals surface area contributed by atoms with Gasteiger partial charge in [-0.15, -0.1) is 0 Å². The molecule has 0 saturated carbocycles. The monoisotopic (exact) mass is 365 g/mol. The van der Waals surface area contributed by atoms with Crippen molar-refractivity contribution < 1.29 is 9.53 Å². The number of carbonyl (C=O) groups is 1. The molecule has 0 radical (unpaired) electrons. The quantitative estimate of drug-likeness (QED) is 0.544. The number of carbonyl (C=O) groups excluding carboxylic acids is 1. The van der Waals surface area contributed by atoms with Crippen LogP contribution < -0.4 is 25.8 Å². The van der Waals surface area contributed by atoms with Crippen LogP contribution in [0.25, 0.3) is 11.6 Å². The summed E-state index contributed by atoms with van der Waals surface area (Å²) in [6.45, 7) is 1.65. The Kier molecular flexibility index (Phi) is 3.87. The average molecular weight is 365 g/mol. The molecule has 1 aromatic rings. The molecule has 0 amide bonds. The summed E-state index contributed by atoms with van der Waals surface area (Å²) in [5, 5.41) is 9.02. The normalized spacial score (nSPS) is 25.1. The number of anilines is 2. The second-order valence-electron chi connectivity index (χ2n) is 6.70. The van der Waals surface area contributed by atoms with Gasteiger partial charge < -0.3 is 20.1 Å². The van der Waals surface area contributed by atoms with Crippen LogP contribution in [0.4, 0.5) is 11.4 Å². The summed E-state index contributed by atoms with van der Waals surface area (Å²) >= 11 is 1.65. The molecule has 3 N–H and O–H groups in total. The SMILES string of the molecule is O=C(OC1CCNC1)C1=CC2=c3ccc4c(c3NSC2C=C1)NC=CC=4. The van der Waals surface area contributed by atoms with Crippen LogP contribution in [0.3, 0.4) is 0 Å². The summed E-state index contributed by atoms with van der Waals surface area (Å²) in [7, 11) is 0. The minimum absolute atomic E-state index is 0.0206. The molecule has 0 bridgehead atoms. The lowest BCUT2D eigenvalue weighted by molar-refractivity contribution is -0.142. The second-order valence-corrected chi connectivity index (χ2v) is 7.64. The molecule has 132 valence electrons. The van der Waals surface area contributed by atoms with Crippen LogP contribution >= 0.6 is 11.9 Å². The van der Waals surface area contributed by atoms with E-state index in [0.29, 0.717) is 5.57 Å². The number of benzene rings is 1. The maximum absolute atomic E-state index is 12.5. The van der Waals surface area contributed by atoms with E-state index in [2.05, 4.69) is 39.6 Å². The van der Waals surface area contributed by atoms with E-state index in [1.54, 1.807) is 11.9 Å². The largest absolute Gasteiger partial charge is 0.457 e. The fourth-order valence-electron chi connectivity index (χ4n) is 3.67. The molecule has 1 aromatic carbocycles. The van der Waals surface area contributed by atoms with Gasteiger partial charge in [0.1, 0.15) is 6.10 Å². The zero-order valence-corrected chi connectivity index (χ0v) is 14.9. The van der Waals surface area contributed by atoms with E-state index in [-0.39, 0.29) is 17.3 Å². The fourth-order valence-corrected chi connectivity index (χ4v) is 4.60. The topological polar surface area (TPSA) is 62.4 Å². The van der Waals surface area contributed by atoms with Gasteiger partial charge in [-0.05, 0) is 42.6 Å². The Morgan fingerprint density at radius 1 is 1.27 bits per heavy atom. The number of hydrogen-bond acceptors (Lipinski definition) is 6. The molecule has 6 heteroatoms. The maximum atomic E-state index is 12.5. The number of ether oxygens (including phenoxy) is 1. The lowest BCUT2D eigenvalue weighted by atomic mass is 9.97. The molecule has 4 aliphatic rings. The standard InChI is InChI=1S/C20H19N3O2S/c24-20(25-14-7-9-21-11-14)13-4-6-17-16(10-13)15-5-3-12-2-1-8-22-18(12)19(15)23-26-17/h1-6,8,10,14,17,21-23H,7,9,11H2. The van der Waals surface area contributed by atoms with Crippen molar-refractivity contribution >= 4 is 40.9 Å². The number of allylic oxidation sites excluding steroid dienone is 2. The first-order valence-corrected chi connectivity index (χ1v) is 9.71. The summed E-state index contributed by atoms with van der Waals surface area (Å²) < 4.78 is 9.09. The third-order valence-corrected chi connectivity index (χ3v) is 6.02. The van der Waals surface area contributed by atoms with Crippen LogP contribution in [0, 0.1) is 0 Å². The van der Waals surface area contributed by atoms with Gasteiger partial charge in [0.2, 0.25) is 0 Å². The Balaban J connectivity index is 1.56. The van der Waals surface area contributed by atoms with Crippen LogP contribution in [0.2, 0.25) is 0 Å². The van der Waals surface area contributed by atoms with Crippen LogP contribution in [0.1, 0.15) is 6.42 Å². The van der Waals surface area contributed by atoms with Crippen molar-refractivity contribution in [1.29, 1.82) is 0 Å². The molecule has 0 spiro atoms. The van der Waals surface area contributed by atoms with Gasteiger partial charge in [-0.25, -0.2) is 4.79 Å². The molecule has 5 rings (SSSR count). The van der Waals surface area contributed by atoms with Gasteiger partial charge in [0.05, 0.1) is 22.2 Å². The minimum Gasteiger partial charge on any atom is -0.457 e. The van der Waals surface area contributed by atoms with E-state index in [4.69, 9.17) is 4.74 Å². The number of rotatable bonds is 2. The smallest absolute Gasteiger partial charge is 0.338 e. The first-order chi connectivity index (χ1) is 12.8. The molecule has 26 heavy (non-hydrogen) atoms. The Morgan fingerprint density at radius 2 is 2.23 bits per heavy atom. The summed E-state index contributed by atoms with van der Waals surface area (Å²) in [6.07, 6.45) is 12.8. The van der Waals surface area contributed by atoms with E-state index < -0.39 is 0 Å². The van der Waals surface area contributed by atoms with E-state index in [1.165, 1.54) is 0 Å². The molecule has 3 heterocycles. The number of fused-ring (bicyclic) bond motifs is 4. The van der Waals surface area contributed by atoms with Crippen LogP contribution in [-0.2, 0) is 9.53 Å². The van der Waals surface area contributed by atoms with Crippen LogP contribution in [-0.4, -0.2) is 30.4 Å². The molecule has 1 saturated heterocycles. The summed E-state index contributed by atoms with van der Waals surface area (Å²) in [5.41, 5.74) is 3.90. The zero-order chi connectivity index (χ0) is 17.5. The van der Waals surface area contributed by atoms with Crippen molar-refractivity contribution in [3.63, 3.8) is 0 Å². The van der Waals surface area contributed by atoms with E-state index in [9.17, 15) is 4.79 Å². The molecular weight excluding hydrogens is 346 g/mol. The number of hydrogen-bond donors (Lipinski definition) is 3. The first kappa shape index (κ1) is 15.8. The molecule has 1 aliphatic carbocycles. The maximum Gasteiger partial charge on any atom is 0.338 e. The highest BCUT2D eigenvalue weighted by Gasteiger charge is 2.27. The van der Waals surface area contributed by atoms with Gasteiger partial charge >= 0.3 is 5.97 Å². The Bertz CT molecular complexity index is 987.